The highest BCUT2D eigenvalue weighted by molar-refractivity contribution is 7.53. The van der Waals surface area contributed by atoms with Crippen LogP contribution in [0.1, 0.15) is 53.4 Å². The van der Waals surface area contributed by atoms with Crippen LogP contribution in [0.25, 0.3) is 0 Å². The first-order valence-electron chi connectivity index (χ1n) is 8.37. The van der Waals surface area contributed by atoms with Crippen molar-refractivity contribution in [2.75, 3.05) is 20.4 Å². The zero-order valence-electron chi connectivity index (χ0n) is 15.3. The summed E-state index contributed by atoms with van der Waals surface area (Å²) >= 11 is 0. The van der Waals surface area contributed by atoms with E-state index >= 15 is 0 Å². The van der Waals surface area contributed by atoms with E-state index in [1.54, 1.807) is 0 Å². The van der Waals surface area contributed by atoms with Gasteiger partial charge in [0, 0.05) is 26.3 Å². The summed E-state index contributed by atoms with van der Waals surface area (Å²) in [6.07, 6.45) is 4.14. The lowest BCUT2D eigenvalue weighted by atomic mass is 9.89. The lowest BCUT2D eigenvalue weighted by molar-refractivity contribution is 0.110. The van der Waals surface area contributed by atoms with Crippen molar-refractivity contribution in [3.05, 3.63) is 0 Å². The minimum absolute atomic E-state index is 0.0758. The zero-order chi connectivity index (χ0) is 17.6. The summed E-state index contributed by atoms with van der Waals surface area (Å²) in [4.78, 5) is 10.4. The Bertz CT molecular complexity index is 370. The van der Waals surface area contributed by atoms with Crippen molar-refractivity contribution in [3.8, 4) is 0 Å². The smallest absolute Gasteiger partial charge is 0.330 e. The third-order valence-corrected chi connectivity index (χ3v) is 8.21. The van der Waals surface area contributed by atoms with Gasteiger partial charge in [0.1, 0.15) is 0 Å². The molecule has 1 fully saturated rings. The largest absolute Gasteiger partial charge is 0.338 e. The predicted molar refractivity (Wildman–Crippen MR) is 94.6 cm³/mol. The van der Waals surface area contributed by atoms with Crippen molar-refractivity contribution in [2.24, 2.45) is 5.92 Å². The van der Waals surface area contributed by atoms with Crippen LogP contribution in [0.4, 0.5) is 0 Å². The molecule has 0 bridgehead atoms. The monoisotopic (exact) mass is 369 g/mol. The van der Waals surface area contributed by atoms with Crippen LogP contribution in [0.5, 0.6) is 0 Å². The number of rotatable bonds is 9. The van der Waals surface area contributed by atoms with E-state index in [0.717, 1.165) is 25.7 Å². The van der Waals surface area contributed by atoms with Crippen LogP contribution in [0.2, 0.25) is 0 Å². The van der Waals surface area contributed by atoms with E-state index in [9.17, 15) is 9.46 Å². The van der Waals surface area contributed by atoms with Gasteiger partial charge in [-0.3, -0.25) is 4.57 Å². The van der Waals surface area contributed by atoms with Crippen LogP contribution in [0.3, 0.4) is 0 Å². The lowest BCUT2D eigenvalue weighted by Gasteiger charge is -2.36. The van der Waals surface area contributed by atoms with Crippen molar-refractivity contribution >= 4 is 16.1 Å². The Kier molecular flexibility index (Phi) is 9.18. The second kappa shape index (κ2) is 9.82. The maximum absolute atomic E-state index is 12.2. The van der Waals surface area contributed by atoms with Crippen molar-refractivity contribution in [1.82, 2.24) is 4.67 Å². The van der Waals surface area contributed by atoms with Gasteiger partial charge < -0.3 is 18.5 Å². The quantitative estimate of drug-likeness (QED) is 0.608. The molecule has 1 atom stereocenters. The van der Waals surface area contributed by atoms with Gasteiger partial charge >= 0.3 is 7.60 Å². The maximum Gasteiger partial charge on any atom is 0.330 e. The first-order valence-corrected chi connectivity index (χ1v) is 11.3. The molecule has 8 heteroatoms. The molecular formula is C15H33NO5P2. The van der Waals surface area contributed by atoms with Crippen LogP contribution in [0.15, 0.2) is 0 Å². The van der Waals surface area contributed by atoms with Crippen molar-refractivity contribution < 1.29 is 23.0 Å². The molecule has 1 saturated carbocycles. The van der Waals surface area contributed by atoms with Crippen LogP contribution in [0, 0.1) is 5.92 Å². The second-order valence-corrected chi connectivity index (χ2v) is 10.2. The number of hydrogen-bond donors (Lipinski definition) is 1. The summed E-state index contributed by atoms with van der Waals surface area (Å²) in [6, 6.07) is 0.494. The third kappa shape index (κ3) is 6.70. The molecule has 23 heavy (non-hydrogen) atoms. The molecule has 1 aliphatic carbocycles. The highest BCUT2D eigenvalue weighted by atomic mass is 31.2. The second-order valence-electron chi connectivity index (χ2n) is 6.73. The van der Waals surface area contributed by atoms with Crippen molar-refractivity contribution in [3.63, 3.8) is 0 Å². The van der Waals surface area contributed by atoms with E-state index in [2.05, 4.69) is 27.7 Å². The molecular weight excluding hydrogens is 336 g/mol. The summed E-state index contributed by atoms with van der Waals surface area (Å²) in [5.41, 5.74) is 0. The molecule has 0 radical (unpaired) electrons. The lowest BCUT2D eigenvalue weighted by Crippen LogP contribution is -2.34. The minimum Gasteiger partial charge on any atom is -0.338 e. The first-order chi connectivity index (χ1) is 10.7. The van der Waals surface area contributed by atoms with Gasteiger partial charge in [0.15, 0.2) is 0 Å². The summed E-state index contributed by atoms with van der Waals surface area (Å²) in [5.74, 6) is 0.330. The normalized spacial score (nSPS) is 24.6. The molecule has 6 nitrogen and oxygen atoms in total. The summed E-state index contributed by atoms with van der Waals surface area (Å²) in [7, 11) is -1.63. The Balaban J connectivity index is 2.46. The van der Waals surface area contributed by atoms with E-state index in [4.69, 9.17) is 13.6 Å². The Morgan fingerprint density at radius 1 is 1.09 bits per heavy atom. The fraction of sp³-hybridized carbons (Fsp3) is 1.00. The fourth-order valence-electron chi connectivity index (χ4n) is 3.14. The summed E-state index contributed by atoms with van der Waals surface area (Å²) in [6.45, 7) is 8.27. The predicted octanol–water partition coefficient (Wildman–Crippen LogP) is 4.39. The summed E-state index contributed by atoms with van der Waals surface area (Å²) in [5, 5.41) is 0. The van der Waals surface area contributed by atoms with Crippen molar-refractivity contribution in [2.45, 2.75) is 71.6 Å². The van der Waals surface area contributed by atoms with Gasteiger partial charge in [0.05, 0.1) is 12.3 Å². The zero-order valence-corrected chi connectivity index (χ0v) is 17.1. The van der Waals surface area contributed by atoms with E-state index in [0.29, 0.717) is 12.1 Å². The number of hydrogen-bond acceptors (Lipinski definition) is 6. The van der Waals surface area contributed by atoms with E-state index in [1.165, 1.54) is 14.2 Å². The number of nitrogens with zero attached hydrogens (tertiary/aromatic N) is 1. The average molecular weight is 369 g/mol. The van der Waals surface area contributed by atoms with E-state index in [-0.39, 0.29) is 18.2 Å². The van der Waals surface area contributed by atoms with E-state index in [1.807, 2.05) is 4.67 Å². The average Bonchev–Trinajstić information content (AvgIpc) is 2.48. The van der Waals surface area contributed by atoms with Crippen molar-refractivity contribution in [1.29, 1.82) is 0 Å². The molecule has 0 spiro atoms. The van der Waals surface area contributed by atoms with Gasteiger partial charge in [0.2, 0.25) is 0 Å². The van der Waals surface area contributed by atoms with Gasteiger partial charge in [-0.25, -0.2) is 4.67 Å². The summed E-state index contributed by atoms with van der Waals surface area (Å²) < 4.78 is 30.2. The van der Waals surface area contributed by atoms with Gasteiger partial charge in [-0.15, -0.1) is 0 Å². The van der Waals surface area contributed by atoms with Crippen LogP contribution < -0.4 is 0 Å². The Morgan fingerprint density at radius 3 is 1.96 bits per heavy atom. The molecule has 0 aromatic carbocycles. The molecule has 0 aromatic rings. The molecule has 1 aliphatic rings. The molecule has 0 aliphatic heterocycles. The molecule has 138 valence electrons. The minimum atomic E-state index is -2.93. The molecule has 0 saturated heterocycles. The Hall–Kier alpha value is 0.460. The van der Waals surface area contributed by atoms with Crippen LogP contribution >= 0.6 is 16.1 Å². The Labute approximate surface area is 142 Å². The molecule has 0 heterocycles. The van der Waals surface area contributed by atoms with Gasteiger partial charge in [-0.1, -0.05) is 0 Å². The molecule has 1 unspecified atom stereocenters. The Morgan fingerprint density at radius 2 is 1.57 bits per heavy atom. The third-order valence-electron chi connectivity index (χ3n) is 4.33. The molecule has 0 aromatic heterocycles. The van der Waals surface area contributed by atoms with Crippen LogP contribution in [-0.4, -0.2) is 48.1 Å². The topological polar surface area (TPSA) is 68.2 Å². The maximum atomic E-state index is 12.2. The molecule has 1 rings (SSSR count). The van der Waals surface area contributed by atoms with Crippen LogP contribution in [-0.2, 0) is 18.1 Å². The van der Waals surface area contributed by atoms with Gasteiger partial charge in [0.25, 0.3) is 8.53 Å². The molecule has 1 N–H and O–H groups in total. The fourth-order valence-corrected chi connectivity index (χ4v) is 5.96. The standard InChI is InChI=1S/C15H33NO5P2/c1-12(2)16(13(3)4)22(17)21-15-9-7-14(8-10-15)11-23(18,19-5)20-6/h12-15,17H,7-11H2,1-6H3. The highest BCUT2D eigenvalue weighted by Gasteiger charge is 2.33. The SMILES string of the molecule is COP(=O)(CC1CCC(OP(O)N(C(C)C)C(C)C)CC1)OC. The molecule has 0 amide bonds. The van der Waals surface area contributed by atoms with E-state index < -0.39 is 16.1 Å². The first kappa shape index (κ1) is 21.5. The van der Waals surface area contributed by atoms with Gasteiger partial charge in [-0.05, 0) is 59.3 Å². The van der Waals surface area contributed by atoms with Gasteiger partial charge in [-0.2, -0.15) is 0 Å². The highest BCUT2D eigenvalue weighted by Crippen LogP contribution is 2.51.